The lowest BCUT2D eigenvalue weighted by molar-refractivity contribution is 0.495. The summed E-state index contributed by atoms with van der Waals surface area (Å²) in [6.07, 6.45) is 4.93. The van der Waals surface area contributed by atoms with Crippen LogP contribution in [-0.4, -0.2) is 11.1 Å². The molecule has 4 heteroatoms. The Morgan fingerprint density at radius 1 is 1.21 bits per heavy atom. The number of hydrogen-bond acceptors (Lipinski definition) is 1. The van der Waals surface area contributed by atoms with Crippen LogP contribution in [0.4, 0.5) is 8.78 Å². The summed E-state index contributed by atoms with van der Waals surface area (Å²) in [5, 5.41) is 3.30. The van der Waals surface area contributed by atoms with Gasteiger partial charge in [0.2, 0.25) is 0 Å². The van der Waals surface area contributed by atoms with Crippen LogP contribution in [0.25, 0.3) is 0 Å². The highest BCUT2D eigenvalue weighted by Gasteiger charge is 2.07. The second-order valence-electron chi connectivity index (χ2n) is 4.58. The van der Waals surface area contributed by atoms with Crippen LogP contribution in [0.15, 0.2) is 36.7 Å². The van der Waals surface area contributed by atoms with Gasteiger partial charge in [-0.05, 0) is 30.7 Å². The molecule has 0 saturated carbocycles. The Morgan fingerprint density at radius 3 is 2.84 bits per heavy atom. The van der Waals surface area contributed by atoms with Crippen molar-refractivity contribution in [2.45, 2.75) is 26.4 Å². The molecule has 2 aromatic rings. The minimum absolute atomic E-state index is 0.345. The summed E-state index contributed by atoms with van der Waals surface area (Å²) in [4.78, 5) is 0. The Labute approximate surface area is 112 Å². The number of halogens is 2. The van der Waals surface area contributed by atoms with Crippen LogP contribution >= 0.6 is 0 Å². The first-order valence-corrected chi connectivity index (χ1v) is 6.49. The van der Waals surface area contributed by atoms with E-state index in [-0.39, 0.29) is 0 Å². The van der Waals surface area contributed by atoms with E-state index in [0.717, 1.165) is 31.1 Å². The third-order valence-electron chi connectivity index (χ3n) is 2.95. The van der Waals surface area contributed by atoms with E-state index < -0.39 is 11.6 Å². The zero-order chi connectivity index (χ0) is 13.7. The highest BCUT2D eigenvalue weighted by molar-refractivity contribution is 5.20. The van der Waals surface area contributed by atoms with Crippen molar-refractivity contribution in [2.75, 3.05) is 6.54 Å². The first-order valence-electron chi connectivity index (χ1n) is 6.49. The SMILES string of the molecule is CCCNCc1ccn(Cc2cccc(F)c2F)c1. The number of aromatic nitrogens is 1. The van der Waals surface area contributed by atoms with Crippen LogP contribution in [0.3, 0.4) is 0 Å². The standard InChI is InChI=1S/C15H18F2N2/c1-2-7-18-9-12-6-8-19(10-12)11-13-4-3-5-14(16)15(13)17/h3-6,8,10,18H,2,7,9,11H2,1H3. The van der Waals surface area contributed by atoms with Crippen LogP contribution < -0.4 is 5.32 Å². The van der Waals surface area contributed by atoms with Gasteiger partial charge in [-0.3, -0.25) is 0 Å². The molecule has 0 saturated heterocycles. The predicted octanol–water partition coefficient (Wildman–Crippen LogP) is 3.31. The number of hydrogen-bond donors (Lipinski definition) is 1. The maximum absolute atomic E-state index is 13.5. The van der Waals surface area contributed by atoms with Gasteiger partial charge in [0.15, 0.2) is 11.6 Å². The molecule has 0 amide bonds. The molecule has 2 rings (SSSR count). The molecule has 1 aromatic heterocycles. The van der Waals surface area contributed by atoms with Crippen molar-refractivity contribution in [2.24, 2.45) is 0 Å². The van der Waals surface area contributed by atoms with Crippen LogP contribution in [0.5, 0.6) is 0 Å². The maximum Gasteiger partial charge on any atom is 0.163 e. The van der Waals surface area contributed by atoms with Crippen LogP contribution in [0, 0.1) is 11.6 Å². The number of rotatable bonds is 6. The molecule has 1 aromatic carbocycles. The summed E-state index contributed by atoms with van der Waals surface area (Å²) in [5.74, 6) is -1.56. The first-order chi connectivity index (χ1) is 9.20. The van der Waals surface area contributed by atoms with Gasteiger partial charge < -0.3 is 9.88 Å². The van der Waals surface area contributed by atoms with Gasteiger partial charge in [0.1, 0.15) is 0 Å². The Kier molecular flexibility index (Phi) is 4.68. The predicted molar refractivity (Wildman–Crippen MR) is 71.9 cm³/mol. The molecule has 0 spiro atoms. The summed E-state index contributed by atoms with van der Waals surface area (Å²) in [6, 6.07) is 6.25. The minimum atomic E-state index is -0.797. The van der Waals surface area contributed by atoms with Crippen LogP contribution in [-0.2, 0) is 13.1 Å². The van der Waals surface area contributed by atoms with Gasteiger partial charge in [0, 0.05) is 31.0 Å². The molecule has 0 aliphatic rings. The topological polar surface area (TPSA) is 17.0 Å². The summed E-state index contributed by atoms with van der Waals surface area (Å²) in [7, 11) is 0. The summed E-state index contributed by atoms with van der Waals surface area (Å²) in [5.41, 5.74) is 1.51. The quantitative estimate of drug-likeness (QED) is 0.792. The molecule has 0 atom stereocenters. The Morgan fingerprint density at radius 2 is 2.05 bits per heavy atom. The van der Waals surface area contributed by atoms with E-state index in [1.54, 1.807) is 6.07 Å². The van der Waals surface area contributed by atoms with E-state index in [2.05, 4.69) is 12.2 Å². The van der Waals surface area contributed by atoms with Crippen LogP contribution in [0.1, 0.15) is 24.5 Å². The van der Waals surface area contributed by atoms with Crippen molar-refractivity contribution >= 4 is 0 Å². The molecule has 0 radical (unpaired) electrons. The Balaban J connectivity index is 2.01. The van der Waals surface area contributed by atoms with Gasteiger partial charge in [-0.1, -0.05) is 19.1 Å². The van der Waals surface area contributed by atoms with E-state index in [4.69, 9.17) is 0 Å². The van der Waals surface area contributed by atoms with Gasteiger partial charge in [-0.2, -0.15) is 0 Å². The van der Waals surface area contributed by atoms with Crippen molar-refractivity contribution in [3.05, 3.63) is 59.4 Å². The maximum atomic E-state index is 13.5. The zero-order valence-corrected chi connectivity index (χ0v) is 11.0. The van der Waals surface area contributed by atoms with Crippen molar-refractivity contribution in [1.29, 1.82) is 0 Å². The average Bonchev–Trinajstić information content (AvgIpc) is 2.83. The molecular weight excluding hydrogens is 246 g/mol. The van der Waals surface area contributed by atoms with Crippen molar-refractivity contribution in [3.63, 3.8) is 0 Å². The lowest BCUT2D eigenvalue weighted by Gasteiger charge is -2.05. The number of nitrogens with one attached hydrogen (secondary N) is 1. The molecule has 0 aliphatic heterocycles. The normalized spacial score (nSPS) is 10.9. The van der Waals surface area contributed by atoms with Gasteiger partial charge in [0.25, 0.3) is 0 Å². The molecule has 1 heterocycles. The van der Waals surface area contributed by atoms with Crippen molar-refractivity contribution in [1.82, 2.24) is 9.88 Å². The lowest BCUT2D eigenvalue weighted by Crippen LogP contribution is -2.13. The fourth-order valence-corrected chi connectivity index (χ4v) is 1.97. The highest BCUT2D eigenvalue weighted by Crippen LogP contribution is 2.13. The monoisotopic (exact) mass is 264 g/mol. The van der Waals surface area contributed by atoms with Gasteiger partial charge >= 0.3 is 0 Å². The van der Waals surface area contributed by atoms with Gasteiger partial charge in [0.05, 0.1) is 0 Å². The molecule has 1 N–H and O–H groups in total. The molecule has 0 unspecified atom stereocenters. The lowest BCUT2D eigenvalue weighted by atomic mass is 10.2. The Bertz CT molecular complexity index is 535. The number of benzene rings is 1. The molecule has 19 heavy (non-hydrogen) atoms. The summed E-state index contributed by atoms with van der Waals surface area (Å²) >= 11 is 0. The summed E-state index contributed by atoms with van der Waals surface area (Å²) in [6.45, 7) is 4.23. The van der Waals surface area contributed by atoms with Crippen molar-refractivity contribution in [3.8, 4) is 0 Å². The van der Waals surface area contributed by atoms with Crippen LogP contribution in [0.2, 0.25) is 0 Å². The second kappa shape index (κ2) is 6.48. The zero-order valence-electron chi connectivity index (χ0n) is 11.0. The minimum Gasteiger partial charge on any atom is -0.349 e. The smallest absolute Gasteiger partial charge is 0.163 e. The second-order valence-corrected chi connectivity index (χ2v) is 4.58. The third-order valence-corrected chi connectivity index (χ3v) is 2.95. The average molecular weight is 264 g/mol. The van der Waals surface area contributed by atoms with E-state index in [9.17, 15) is 8.78 Å². The fourth-order valence-electron chi connectivity index (χ4n) is 1.97. The van der Waals surface area contributed by atoms with E-state index in [1.807, 2.05) is 23.0 Å². The largest absolute Gasteiger partial charge is 0.349 e. The van der Waals surface area contributed by atoms with Crippen molar-refractivity contribution < 1.29 is 8.78 Å². The van der Waals surface area contributed by atoms with E-state index in [0.29, 0.717) is 12.1 Å². The van der Waals surface area contributed by atoms with E-state index >= 15 is 0 Å². The molecular formula is C15H18F2N2. The molecule has 102 valence electrons. The highest BCUT2D eigenvalue weighted by atomic mass is 19.2. The molecule has 0 aliphatic carbocycles. The molecule has 0 bridgehead atoms. The molecule has 0 fully saturated rings. The number of nitrogens with zero attached hydrogens (tertiary/aromatic N) is 1. The van der Waals surface area contributed by atoms with Gasteiger partial charge in [-0.15, -0.1) is 0 Å². The summed E-state index contributed by atoms with van der Waals surface area (Å²) < 4.78 is 28.5. The Hall–Kier alpha value is -1.68. The third kappa shape index (κ3) is 3.64. The molecule has 2 nitrogen and oxygen atoms in total. The fraction of sp³-hybridized carbons (Fsp3) is 0.333. The van der Waals surface area contributed by atoms with E-state index in [1.165, 1.54) is 6.07 Å². The first kappa shape index (κ1) is 13.7. The van der Waals surface area contributed by atoms with Gasteiger partial charge in [-0.25, -0.2) is 8.78 Å².